The van der Waals surface area contributed by atoms with Gasteiger partial charge in [-0.3, -0.25) is 4.79 Å². The summed E-state index contributed by atoms with van der Waals surface area (Å²) in [5.74, 6) is 2.55. The molecule has 3 rings (SSSR count). The monoisotopic (exact) mass is 480 g/mol. The fraction of sp³-hybridized carbons (Fsp3) is 0.444. The highest BCUT2D eigenvalue weighted by Gasteiger charge is 2.22. The quantitative estimate of drug-likeness (QED) is 0.317. The van der Waals surface area contributed by atoms with Crippen LogP contribution in [-0.4, -0.2) is 26.4 Å². The number of amides is 1. The molecule has 0 saturated heterocycles. The van der Waals surface area contributed by atoms with Gasteiger partial charge < -0.3 is 14.6 Å². The summed E-state index contributed by atoms with van der Waals surface area (Å²) in [6, 6.07) is 16.2. The highest BCUT2D eigenvalue weighted by Crippen LogP contribution is 2.29. The van der Waals surface area contributed by atoms with E-state index in [0.717, 1.165) is 22.8 Å². The lowest BCUT2D eigenvalue weighted by Crippen LogP contribution is -2.17. The SMILES string of the molecule is CC(C)c1ccc(OC(C)c2nnc(SCC(=O)Nc3ccccc3C(C)C)n2C(C)C)cc1. The molecule has 7 heteroatoms. The summed E-state index contributed by atoms with van der Waals surface area (Å²) in [4.78, 5) is 12.7. The zero-order chi connectivity index (χ0) is 24.8. The third kappa shape index (κ3) is 6.41. The fourth-order valence-corrected chi connectivity index (χ4v) is 4.64. The van der Waals surface area contributed by atoms with Gasteiger partial charge in [-0.25, -0.2) is 0 Å². The van der Waals surface area contributed by atoms with Crippen molar-refractivity contribution in [3.8, 4) is 5.75 Å². The molecule has 1 unspecified atom stereocenters. The number of benzene rings is 2. The summed E-state index contributed by atoms with van der Waals surface area (Å²) in [6.07, 6.45) is -0.277. The molecule has 0 spiro atoms. The number of rotatable bonds is 10. The Balaban J connectivity index is 1.68. The third-order valence-electron chi connectivity index (χ3n) is 5.62. The number of hydrogen-bond acceptors (Lipinski definition) is 5. The maximum atomic E-state index is 12.7. The van der Waals surface area contributed by atoms with Gasteiger partial charge in [-0.1, -0.05) is 69.8 Å². The largest absolute Gasteiger partial charge is 0.483 e. The molecule has 1 amide bonds. The van der Waals surface area contributed by atoms with Crippen molar-refractivity contribution in [2.45, 2.75) is 77.6 Å². The summed E-state index contributed by atoms with van der Waals surface area (Å²) in [5.41, 5.74) is 3.26. The third-order valence-corrected chi connectivity index (χ3v) is 6.56. The van der Waals surface area contributed by atoms with Crippen LogP contribution in [0, 0.1) is 0 Å². The molecule has 1 heterocycles. The Kier molecular flexibility index (Phi) is 8.78. The number of anilines is 1. The van der Waals surface area contributed by atoms with Crippen molar-refractivity contribution in [3.05, 3.63) is 65.5 Å². The van der Waals surface area contributed by atoms with Gasteiger partial charge in [0.15, 0.2) is 17.1 Å². The predicted octanol–water partition coefficient (Wildman–Crippen LogP) is 6.98. The number of para-hydroxylation sites is 1. The van der Waals surface area contributed by atoms with Gasteiger partial charge in [-0.05, 0) is 61.9 Å². The topological polar surface area (TPSA) is 69.0 Å². The zero-order valence-electron chi connectivity index (χ0n) is 21.2. The first-order valence-electron chi connectivity index (χ1n) is 11.9. The van der Waals surface area contributed by atoms with Crippen molar-refractivity contribution >= 4 is 23.4 Å². The smallest absolute Gasteiger partial charge is 0.234 e. The second-order valence-corrected chi connectivity index (χ2v) is 10.3. The van der Waals surface area contributed by atoms with Crippen LogP contribution < -0.4 is 10.1 Å². The van der Waals surface area contributed by atoms with E-state index in [1.165, 1.54) is 17.3 Å². The van der Waals surface area contributed by atoms with Gasteiger partial charge in [0.2, 0.25) is 5.91 Å². The maximum Gasteiger partial charge on any atom is 0.234 e. The molecule has 182 valence electrons. The summed E-state index contributed by atoms with van der Waals surface area (Å²) in [7, 11) is 0. The fourth-order valence-electron chi connectivity index (χ4n) is 3.77. The second-order valence-electron chi connectivity index (χ2n) is 9.37. The molecule has 0 fully saturated rings. The van der Waals surface area contributed by atoms with Gasteiger partial charge in [0, 0.05) is 11.7 Å². The van der Waals surface area contributed by atoms with Crippen molar-refractivity contribution in [3.63, 3.8) is 0 Å². The Labute approximate surface area is 207 Å². The average Bonchev–Trinajstić information content (AvgIpc) is 3.23. The standard InChI is InChI=1S/C27H36N4O2S/c1-17(2)21-12-14-22(15-13-21)33-20(7)26-29-30-27(31(26)19(5)6)34-16-25(32)28-24-11-9-8-10-23(24)18(3)4/h8-15,17-20H,16H2,1-7H3,(H,28,32). The number of ether oxygens (including phenoxy) is 1. The van der Waals surface area contributed by atoms with E-state index in [1.54, 1.807) is 0 Å². The van der Waals surface area contributed by atoms with Crippen LogP contribution in [0.4, 0.5) is 5.69 Å². The van der Waals surface area contributed by atoms with Gasteiger partial charge in [-0.2, -0.15) is 0 Å². The molecule has 0 aliphatic rings. The predicted molar refractivity (Wildman–Crippen MR) is 140 cm³/mol. The van der Waals surface area contributed by atoms with E-state index in [-0.39, 0.29) is 23.8 Å². The van der Waals surface area contributed by atoms with Crippen LogP contribution in [0.1, 0.15) is 89.4 Å². The Morgan fingerprint density at radius 2 is 1.62 bits per heavy atom. The number of carbonyl (C=O) groups is 1. The molecule has 34 heavy (non-hydrogen) atoms. The number of thioether (sulfide) groups is 1. The zero-order valence-corrected chi connectivity index (χ0v) is 22.0. The van der Waals surface area contributed by atoms with Crippen LogP contribution in [0.15, 0.2) is 53.7 Å². The lowest BCUT2D eigenvalue weighted by molar-refractivity contribution is -0.113. The minimum atomic E-state index is -0.277. The molecule has 0 radical (unpaired) electrons. The highest BCUT2D eigenvalue weighted by atomic mass is 32.2. The van der Waals surface area contributed by atoms with Gasteiger partial charge in [0.05, 0.1) is 5.75 Å². The molecule has 1 atom stereocenters. The maximum absolute atomic E-state index is 12.7. The molecule has 1 N–H and O–H groups in total. The molecule has 0 aliphatic heterocycles. The summed E-state index contributed by atoms with van der Waals surface area (Å²) in [5, 5.41) is 12.5. The van der Waals surface area contributed by atoms with E-state index >= 15 is 0 Å². The first-order valence-corrected chi connectivity index (χ1v) is 12.9. The van der Waals surface area contributed by atoms with E-state index in [2.05, 4.69) is 69.2 Å². The van der Waals surface area contributed by atoms with Gasteiger partial charge in [0.25, 0.3) is 0 Å². The van der Waals surface area contributed by atoms with Gasteiger partial charge in [-0.15, -0.1) is 10.2 Å². The minimum Gasteiger partial charge on any atom is -0.483 e. The van der Waals surface area contributed by atoms with Crippen LogP contribution in [0.25, 0.3) is 0 Å². The molecule has 2 aromatic carbocycles. The van der Waals surface area contributed by atoms with Crippen molar-refractivity contribution in [1.82, 2.24) is 14.8 Å². The van der Waals surface area contributed by atoms with Gasteiger partial charge in [0.1, 0.15) is 5.75 Å². The molecule has 6 nitrogen and oxygen atoms in total. The summed E-state index contributed by atoms with van der Waals surface area (Å²) >= 11 is 1.39. The molecular formula is C27H36N4O2S. The van der Waals surface area contributed by atoms with Crippen molar-refractivity contribution < 1.29 is 9.53 Å². The van der Waals surface area contributed by atoms with Crippen LogP contribution in [0.5, 0.6) is 5.75 Å². The average molecular weight is 481 g/mol. The normalized spacial score (nSPS) is 12.4. The van der Waals surface area contributed by atoms with Crippen molar-refractivity contribution in [1.29, 1.82) is 0 Å². The molecule has 0 saturated carbocycles. The van der Waals surface area contributed by atoms with Crippen LogP contribution >= 0.6 is 11.8 Å². The Hall–Kier alpha value is -2.80. The van der Waals surface area contributed by atoms with Crippen LogP contribution in [0.3, 0.4) is 0 Å². The Morgan fingerprint density at radius 1 is 0.941 bits per heavy atom. The van der Waals surface area contributed by atoms with E-state index in [1.807, 2.05) is 47.9 Å². The molecule has 3 aromatic rings. The lowest BCUT2D eigenvalue weighted by atomic mass is 10.0. The van der Waals surface area contributed by atoms with E-state index in [0.29, 0.717) is 17.0 Å². The van der Waals surface area contributed by atoms with E-state index in [4.69, 9.17) is 4.74 Å². The number of nitrogens with zero attached hydrogens (tertiary/aromatic N) is 3. The summed E-state index contributed by atoms with van der Waals surface area (Å²) in [6.45, 7) is 14.7. The number of hydrogen-bond donors (Lipinski definition) is 1. The molecule has 0 bridgehead atoms. The lowest BCUT2D eigenvalue weighted by Gasteiger charge is -2.19. The molecule has 1 aromatic heterocycles. The Morgan fingerprint density at radius 3 is 2.24 bits per heavy atom. The van der Waals surface area contributed by atoms with Crippen LogP contribution in [0.2, 0.25) is 0 Å². The van der Waals surface area contributed by atoms with Gasteiger partial charge >= 0.3 is 0 Å². The minimum absolute atomic E-state index is 0.0625. The van der Waals surface area contributed by atoms with Crippen molar-refractivity contribution in [2.24, 2.45) is 0 Å². The first-order chi connectivity index (χ1) is 16.2. The van der Waals surface area contributed by atoms with Crippen molar-refractivity contribution in [2.75, 3.05) is 11.1 Å². The number of aromatic nitrogens is 3. The first kappa shape index (κ1) is 25.8. The number of nitrogens with one attached hydrogen (secondary N) is 1. The molecular weight excluding hydrogens is 444 g/mol. The number of carbonyl (C=O) groups excluding carboxylic acids is 1. The van der Waals surface area contributed by atoms with Crippen LogP contribution in [-0.2, 0) is 4.79 Å². The van der Waals surface area contributed by atoms with E-state index in [9.17, 15) is 4.79 Å². The van der Waals surface area contributed by atoms with E-state index < -0.39 is 0 Å². The Bertz CT molecular complexity index is 1090. The summed E-state index contributed by atoms with van der Waals surface area (Å²) < 4.78 is 8.22. The highest BCUT2D eigenvalue weighted by molar-refractivity contribution is 7.99. The molecule has 0 aliphatic carbocycles. The second kappa shape index (κ2) is 11.6.